The molecule has 1 fully saturated rings. The number of carbonyl (C=O) groups excluding carboxylic acids is 1. The van der Waals surface area contributed by atoms with E-state index in [4.69, 9.17) is 5.11 Å². The minimum atomic E-state index is -1.18. The van der Waals surface area contributed by atoms with E-state index in [0.29, 0.717) is 13.0 Å². The molecule has 92 valence electrons. The van der Waals surface area contributed by atoms with Gasteiger partial charge in [0.2, 0.25) is 0 Å². The van der Waals surface area contributed by atoms with E-state index in [1.54, 1.807) is 27.7 Å². The Morgan fingerprint density at radius 1 is 1.38 bits per heavy atom. The van der Waals surface area contributed by atoms with Crippen LogP contribution in [0.3, 0.4) is 0 Å². The van der Waals surface area contributed by atoms with Crippen LogP contribution in [-0.4, -0.2) is 40.3 Å². The van der Waals surface area contributed by atoms with Gasteiger partial charge in [-0.25, -0.2) is 0 Å². The van der Waals surface area contributed by atoms with Gasteiger partial charge in [0.25, 0.3) is 6.09 Å². The molecule has 0 aliphatic carbocycles. The van der Waals surface area contributed by atoms with Gasteiger partial charge in [-0.2, -0.15) is 0 Å². The number of likely N-dealkylation sites (tertiary alicyclic amines) is 1. The number of hydrogen-bond acceptors (Lipinski definition) is 3. The minimum absolute atomic E-state index is 0.0914. The Hall–Kier alpha value is -1.10. The fourth-order valence-corrected chi connectivity index (χ4v) is 2.37. The second kappa shape index (κ2) is 3.45. The van der Waals surface area contributed by atoms with Crippen molar-refractivity contribution in [3.63, 3.8) is 0 Å². The molecule has 0 aromatic carbocycles. The first-order chi connectivity index (χ1) is 7.05. The van der Waals surface area contributed by atoms with Gasteiger partial charge in [-0.15, -0.1) is 0 Å². The van der Waals surface area contributed by atoms with Crippen molar-refractivity contribution in [3.05, 3.63) is 0 Å². The van der Waals surface area contributed by atoms with Gasteiger partial charge >= 0.3 is 5.97 Å². The van der Waals surface area contributed by atoms with Crippen LogP contribution in [0.5, 0.6) is 0 Å². The van der Waals surface area contributed by atoms with Crippen molar-refractivity contribution in [2.24, 2.45) is 5.41 Å². The van der Waals surface area contributed by atoms with E-state index in [-0.39, 0.29) is 11.0 Å². The van der Waals surface area contributed by atoms with Gasteiger partial charge in [0, 0.05) is 6.42 Å². The van der Waals surface area contributed by atoms with Gasteiger partial charge in [-0.1, -0.05) is 0 Å². The molecule has 2 unspecified atom stereocenters. The Labute approximate surface area is 95.3 Å². The second-order valence-corrected chi connectivity index (χ2v) is 5.90. The summed E-state index contributed by atoms with van der Waals surface area (Å²) in [5.41, 5.74) is -1.51. The van der Waals surface area contributed by atoms with Crippen LogP contribution in [0.2, 0.25) is 0 Å². The molecule has 0 spiro atoms. The molecular weight excluding hydrogens is 210 g/mol. The molecule has 0 bridgehead atoms. The Bertz CT molecular complexity index is 333. The minimum Gasteiger partial charge on any atom is -0.498 e. The van der Waals surface area contributed by atoms with Crippen LogP contribution in [0, 0.1) is 5.41 Å². The molecule has 0 saturated carbocycles. The monoisotopic (exact) mass is 229 g/mol. The fourth-order valence-electron chi connectivity index (χ4n) is 2.37. The molecule has 0 aromatic heterocycles. The summed E-state index contributed by atoms with van der Waals surface area (Å²) in [6.45, 7) is 7.41. The first-order valence-corrected chi connectivity index (χ1v) is 5.37. The van der Waals surface area contributed by atoms with E-state index < -0.39 is 23.0 Å². The lowest BCUT2D eigenvalue weighted by molar-refractivity contribution is -0.910. The average molecular weight is 229 g/mol. The average Bonchev–Trinajstić information content (AvgIpc) is 2.45. The Morgan fingerprint density at radius 3 is 2.06 bits per heavy atom. The summed E-state index contributed by atoms with van der Waals surface area (Å²) in [7, 11) is 0. The quantitative estimate of drug-likeness (QED) is 0.662. The smallest absolute Gasteiger partial charge is 0.315 e. The SMILES string of the molecule is CC1(C(=O)O)CC[N+](C(=O)[O-])(C(C)(C)C)C1. The molecule has 1 N–H and O–H groups in total. The second-order valence-electron chi connectivity index (χ2n) is 5.90. The number of amides is 1. The summed E-state index contributed by atoms with van der Waals surface area (Å²) in [5.74, 6) is -0.932. The van der Waals surface area contributed by atoms with Gasteiger partial charge in [0.05, 0.1) is 12.1 Å². The van der Waals surface area contributed by atoms with Crippen molar-refractivity contribution in [1.82, 2.24) is 0 Å². The molecule has 5 nitrogen and oxygen atoms in total. The van der Waals surface area contributed by atoms with Crippen molar-refractivity contribution >= 4 is 12.1 Å². The zero-order chi connectivity index (χ0) is 12.8. The topological polar surface area (TPSA) is 77.4 Å². The van der Waals surface area contributed by atoms with E-state index in [1.165, 1.54) is 0 Å². The van der Waals surface area contributed by atoms with Crippen molar-refractivity contribution in [2.45, 2.75) is 39.7 Å². The van der Waals surface area contributed by atoms with E-state index in [9.17, 15) is 14.7 Å². The lowest BCUT2D eigenvalue weighted by atomic mass is 9.89. The Kier molecular flexibility index (Phi) is 2.79. The highest BCUT2D eigenvalue weighted by atomic mass is 16.4. The molecule has 2 atom stereocenters. The summed E-state index contributed by atoms with van der Waals surface area (Å²) in [6, 6.07) is 0. The van der Waals surface area contributed by atoms with Crippen molar-refractivity contribution in [1.29, 1.82) is 0 Å². The number of quaternary nitrogens is 1. The van der Waals surface area contributed by atoms with E-state index >= 15 is 0 Å². The van der Waals surface area contributed by atoms with Crippen LogP contribution >= 0.6 is 0 Å². The molecule has 1 rings (SSSR count). The highest BCUT2D eigenvalue weighted by Gasteiger charge is 2.56. The highest BCUT2D eigenvalue weighted by Crippen LogP contribution is 2.40. The number of rotatable bonds is 1. The zero-order valence-electron chi connectivity index (χ0n) is 10.2. The van der Waals surface area contributed by atoms with Crippen LogP contribution in [0.4, 0.5) is 4.79 Å². The van der Waals surface area contributed by atoms with Crippen molar-refractivity contribution in [3.8, 4) is 0 Å². The standard InChI is InChI=1S/C11H19NO4/c1-10(2,3)12(9(15)16)6-5-11(4,7-12)8(13)14/h5-7H2,1-4H3,(H-,13,14,15,16). The third kappa shape index (κ3) is 1.69. The maximum atomic E-state index is 11.3. The first-order valence-electron chi connectivity index (χ1n) is 5.37. The molecule has 1 aliphatic rings. The lowest BCUT2D eigenvalue weighted by Crippen LogP contribution is -2.67. The molecule has 1 amide bonds. The van der Waals surface area contributed by atoms with Gasteiger partial charge in [0.15, 0.2) is 0 Å². The van der Waals surface area contributed by atoms with Gasteiger partial charge in [-0.05, 0) is 27.7 Å². The molecule has 1 saturated heterocycles. The lowest BCUT2D eigenvalue weighted by Gasteiger charge is -2.45. The zero-order valence-corrected chi connectivity index (χ0v) is 10.2. The molecule has 1 aliphatic heterocycles. The third-order valence-electron chi connectivity index (χ3n) is 3.81. The number of carboxylic acids is 1. The summed E-state index contributed by atoms with van der Waals surface area (Å²) in [5, 5.41) is 20.5. The van der Waals surface area contributed by atoms with Crippen LogP contribution < -0.4 is 5.11 Å². The Balaban J connectivity index is 3.13. The van der Waals surface area contributed by atoms with Gasteiger partial charge in [-0.3, -0.25) is 9.28 Å². The fraction of sp³-hybridized carbons (Fsp3) is 0.818. The Morgan fingerprint density at radius 2 is 1.88 bits per heavy atom. The number of hydrogen-bond donors (Lipinski definition) is 1. The van der Waals surface area contributed by atoms with Crippen LogP contribution in [0.1, 0.15) is 34.1 Å². The first kappa shape index (κ1) is 13.0. The number of aliphatic carboxylic acids is 1. The summed E-state index contributed by atoms with van der Waals surface area (Å²) >= 11 is 0. The normalized spacial score (nSPS) is 35.0. The highest BCUT2D eigenvalue weighted by molar-refractivity contribution is 5.75. The number of carboxylic acid groups (broad SMARTS) is 2. The number of nitrogens with zero attached hydrogens (tertiary/aromatic N) is 1. The van der Waals surface area contributed by atoms with Crippen LogP contribution in [0.25, 0.3) is 0 Å². The van der Waals surface area contributed by atoms with Crippen molar-refractivity contribution in [2.75, 3.05) is 13.1 Å². The molecule has 1 heterocycles. The van der Waals surface area contributed by atoms with Crippen LogP contribution in [0.15, 0.2) is 0 Å². The largest absolute Gasteiger partial charge is 0.498 e. The molecule has 5 heteroatoms. The van der Waals surface area contributed by atoms with E-state index in [0.717, 1.165) is 0 Å². The molecule has 0 radical (unpaired) electrons. The van der Waals surface area contributed by atoms with Crippen LogP contribution in [-0.2, 0) is 4.79 Å². The van der Waals surface area contributed by atoms with E-state index in [1.807, 2.05) is 0 Å². The van der Waals surface area contributed by atoms with Gasteiger partial charge < -0.3 is 15.0 Å². The van der Waals surface area contributed by atoms with Gasteiger partial charge in [0.1, 0.15) is 12.0 Å². The predicted molar refractivity (Wildman–Crippen MR) is 55.5 cm³/mol. The third-order valence-corrected chi connectivity index (χ3v) is 3.81. The summed E-state index contributed by atoms with van der Waals surface area (Å²) in [6.07, 6.45) is -0.814. The summed E-state index contributed by atoms with van der Waals surface area (Å²) < 4.78 is -0.282. The maximum absolute atomic E-state index is 11.3. The molecule has 16 heavy (non-hydrogen) atoms. The molecule has 0 aromatic rings. The maximum Gasteiger partial charge on any atom is 0.315 e. The van der Waals surface area contributed by atoms with Crippen molar-refractivity contribution < 1.29 is 24.3 Å². The number of carbonyl (C=O) groups is 2. The summed E-state index contributed by atoms with van der Waals surface area (Å²) in [4.78, 5) is 22.5. The van der Waals surface area contributed by atoms with E-state index in [2.05, 4.69) is 0 Å². The molecular formula is C11H19NO4. The predicted octanol–water partition coefficient (Wildman–Crippen LogP) is 0.440.